The van der Waals surface area contributed by atoms with E-state index in [1.165, 1.54) is 6.42 Å². The number of ether oxygens (including phenoxy) is 1. The lowest BCUT2D eigenvalue weighted by molar-refractivity contribution is -0.00996. The molecule has 15 heavy (non-hydrogen) atoms. The largest absolute Gasteiger partial charge is 0.374 e. The molecule has 2 nitrogen and oxygen atoms in total. The molecule has 92 valence electrons. The molecule has 0 fully saturated rings. The molecule has 0 aliphatic carbocycles. The molecule has 0 aromatic heterocycles. The van der Waals surface area contributed by atoms with Gasteiger partial charge in [-0.15, -0.1) is 0 Å². The third kappa shape index (κ3) is 8.88. The Hall–Kier alpha value is -0.0800. The van der Waals surface area contributed by atoms with E-state index in [1.807, 2.05) is 0 Å². The molecule has 0 aromatic carbocycles. The second-order valence-corrected chi connectivity index (χ2v) is 5.40. The minimum absolute atomic E-state index is 0.185. The molecule has 0 aliphatic rings. The van der Waals surface area contributed by atoms with Crippen LogP contribution < -0.4 is 5.32 Å². The van der Waals surface area contributed by atoms with Gasteiger partial charge in [0.1, 0.15) is 0 Å². The maximum atomic E-state index is 5.97. The Kier molecular flexibility index (Phi) is 7.20. The van der Waals surface area contributed by atoms with E-state index >= 15 is 0 Å². The van der Waals surface area contributed by atoms with Gasteiger partial charge in [0.2, 0.25) is 0 Å². The van der Waals surface area contributed by atoms with Gasteiger partial charge in [-0.25, -0.2) is 0 Å². The number of nitrogens with one attached hydrogen (secondary N) is 1. The lowest BCUT2D eigenvalue weighted by atomic mass is 10.1. The molecule has 0 saturated carbocycles. The third-order valence-corrected chi connectivity index (χ3v) is 2.44. The molecule has 0 amide bonds. The van der Waals surface area contributed by atoms with E-state index in [1.54, 1.807) is 0 Å². The fraction of sp³-hybridized carbons (Fsp3) is 1.00. The van der Waals surface area contributed by atoms with Crippen molar-refractivity contribution in [2.24, 2.45) is 0 Å². The second-order valence-electron chi connectivity index (χ2n) is 5.40. The number of hydrogen-bond donors (Lipinski definition) is 1. The molecular formula is C13H29NO. The van der Waals surface area contributed by atoms with E-state index in [0.29, 0.717) is 12.2 Å². The smallest absolute Gasteiger partial charge is 0.0700 e. The van der Waals surface area contributed by atoms with Crippen LogP contribution in [0.3, 0.4) is 0 Å². The molecule has 0 radical (unpaired) electrons. The summed E-state index contributed by atoms with van der Waals surface area (Å²) < 4.78 is 5.97. The summed E-state index contributed by atoms with van der Waals surface area (Å²) in [7, 11) is 0. The average Bonchev–Trinajstić information content (AvgIpc) is 2.11. The number of hydrogen-bond acceptors (Lipinski definition) is 2. The van der Waals surface area contributed by atoms with Gasteiger partial charge >= 0.3 is 0 Å². The topological polar surface area (TPSA) is 21.3 Å². The van der Waals surface area contributed by atoms with Gasteiger partial charge in [0, 0.05) is 12.1 Å². The fourth-order valence-electron chi connectivity index (χ4n) is 1.51. The third-order valence-electron chi connectivity index (χ3n) is 2.44. The highest BCUT2D eigenvalue weighted by molar-refractivity contribution is 4.73. The molecule has 0 aromatic rings. The van der Waals surface area contributed by atoms with Crippen LogP contribution in [0, 0.1) is 0 Å². The lowest BCUT2D eigenvalue weighted by Crippen LogP contribution is -2.42. The zero-order valence-corrected chi connectivity index (χ0v) is 11.4. The molecular weight excluding hydrogens is 186 g/mol. The molecule has 0 bridgehead atoms. The summed E-state index contributed by atoms with van der Waals surface area (Å²) in [6.07, 6.45) is 4.18. The van der Waals surface area contributed by atoms with Crippen LogP contribution in [0.5, 0.6) is 0 Å². The Morgan fingerprint density at radius 3 is 2.20 bits per heavy atom. The molecule has 2 heteroatoms. The van der Waals surface area contributed by atoms with Crippen molar-refractivity contribution in [3.8, 4) is 0 Å². The first-order chi connectivity index (χ1) is 6.89. The Bertz CT molecular complexity index is 151. The summed E-state index contributed by atoms with van der Waals surface area (Å²) >= 11 is 0. The summed E-state index contributed by atoms with van der Waals surface area (Å²) in [5.41, 5.74) is 0.185. The highest BCUT2D eigenvalue weighted by Gasteiger charge is 2.15. The van der Waals surface area contributed by atoms with E-state index in [2.05, 4.69) is 46.9 Å². The van der Waals surface area contributed by atoms with Crippen molar-refractivity contribution in [2.75, 3.05) is 6.54 Å². The van der Waals surface area contributed by atoms with Gasteiger partial charge in [-0.05, 0) is 40.5 Å². The molecule has 0 heterocycles. The van der Waals surface area contributed by atoms with Crippen LogP contribution in [0.4, 0.5) is 0 Å². The SMILES string of the molecule is CCCC(C)OC(CC)CNC(C)(C)C. The average molecular weight is 215 g/mol. The fourth-order valence-corrected chi connectivity index (χ4v) is 1.51. The van der Waals surface area contributed by atoms with Gasteiger partial charge in [-0.2, -0.15) is 0 Å². The Morgan fingerprint density at radius 1 is 1.20 bits per heavy atom. The minimum atomic E-state index is 0.185. The minimum Gasteiger partial charge on any atom is -0.374 e. The van der Waals surface area contributed by atoms with Crippen LogP contribution in [0.1, 0.15) is 60.8 Å². The zero-order valence-electron chi connectivity index (χ0n) is 11.4. The van der Waals surface area contributed by atoms with Crippen molar-refractivity contribution in [3.05, 3.63) is 0 Å². The summed E-state index contributed by atoms with van der Waals surface area (Å²) in [5.74, 6) is 0. The normalized spacial score (nSPS) is 16.4. The van der Waals surface area contributed by atoms with Gasteiger partial charge in [-0.1, -0.05) is 20.3 Å². The first-order valence-corrected chi connectivity index (χ1v) is 6.29. The quantitative estimate of drug-likeness (QED) is 0.703. The van der Waals surface area contributed by atoms with E-state index in [0.717, 1.165) is 19.4 Å². The molecule has 0 rings (SSSR count). The Balaban J connectivity index is 3.82. The lowest BCUT2D eigenvalue weighted by Gasteiger charge is -2.27. The summed E-state index contributed by atoms with van der Waals surface area (Å²) in [4.78, 5) is 0. The van der Waals surface area contributed by atoms with Crippen LogP contribution in [-0.2, 0) is 4.74 Å². The zero-order chi connectivity index (χ0) is 11.9. The molecule has 2 unspecified atom stereocenters. The first-order valence-electron chi connectivity index (χ1n) is 6.29. The summed E-state index contributed by atoms with van der Waals surface area (Å²) in [5, 5.41) is 3.50. The Morgan fingerprint density at radius 2 is 1.80 bits per heavy atom. The molecule has 2 atom stereocenters. The first kappa shape index (κ1) is 14.9. The van der Waals surface area contributed by atoms with Gasteiger partial charge in [0.25, 0.3) is 0 Å². The van der Waals surface area contributed by atoms with E-state index in [4.69, 9.17) is 4.74 Å². The van der Waals surface area contributed by atoms with Gasteiger partial charge in [0.05, 0.1) is 12.2 Å². The van der Waals surface area contributed by atoms with Crippen LogP contribution in [0.25, 0.3) is 0 Å². The molecule has 0 aliphatic heterocycles. The maximum Gasteiger partial charge on any atom is 0.0700 e. The van der Waals surface area contributed by atoms with Gasteiger partial charge in [0.15, 0.2) is 0 Å². The standard InChI is InChI=1S/C13H29NO/c1-7-9-11(3)15-12(8-2)10-14-13(4,5)6/h11-12,14H,7-10H2,1-6H3. The maximum absolute atomic E-state index is 5.97. The van der Waals surface area contributed by atoms with Crippen molar-refractivity contribution in [1.82, 2.24) is 5.32 Å². The molecule has 1 N–H and O–H groups in total. The highest BCUT2D eigenvalue weighted by atomic mass is 16.5. The van der Waals surface area contributed by atoms with E-state index in [-0.39, 0.29) is 5.54 Å². The van der Waals surface area contributed by atoms with Crippen molar-refractivity contribution in [3.63, 3.8) is 0 Å². The van der Waals surface area contributed by atoms with Crippen molar-refractivity contribution in [2.45, 2.75) is 78.6 Å². The summed E-state index contributed by atoms with van der Waals surface area (Å²) in [6, 6.07) is 0. The predicted molar refractivity (Wildman–Crippen MR) is 67.3 cm³/mol. The van der Waals surface area contributed by atoms with Crippen LogP contribution in [0.2, 0.25) is 0 Å². The van der Waals surface area contributed by atoms with Crippen LogP contribution >= 0.6 is 0 Å². The molecule has 0 spiro atoms. The number of rotatable bonds is 7. The van der Waals surface area contributed by atoms with Crippen molar-refractivity contribution >= 4 is 0 Å². The molecule has 0 saturated heterocycles. The van der Waals surface area contributed by atoms with Gasteiger partial charge in [-0.3, -0.25) is 0 Å². The highest BCUT2D eigenvalue weighted by Crippen LogP contribution is 2.08. The van der Waals surface area contributed by atoms with Gasteiger partial charge < -0.3 is 10.1 Å². The predicted octanol–water partition coefficient (Wildman–Crippen LogP) is 3.36. The summed E-state index contributed by atoms with van der Waals surface area (Å²) in [6.45, 7) is 14.1. The monoisotopic (exact) mass is 215 g/mol. The Labute approximate surface area is 95.8 Å². The van der Waals surface area contributed by atoms with Crippen LogP contribution in [0.15, 0.2) is 0 Å². The van der Waals surface area contributed by atoms with E-state index < -0.39 is 0 Å². The van der Waals surface area contributed by atoms with E-state index in [9.17, 15) is 0 Å². The van der Waals surface area contributed by atoms with Crippen LogP contribution in [-0.4, -0.2) is 24.3 Å². The van der Waals surface area contributed by atoms with Crippen molar-refractivity contribution in [1.29, 1.82) is 0 Å². The van der Waals surface area contributed by atoms with Crippen molar-refractivity contribution < 1.29 is 4.74 Å². The second kappa shape index (κ2) is 7.24.